The maximum Gasteiger partial charge on any atom is 0.329 e. The second kappa shape index (κ2) is 5.55. The highest BCUT2D eigenvalue weighted by atomic mass is 16.2. The smallest absolute Gasteiger partial charge is 0.329 e. The van der Waals surface area contributed by atoms with Crippen LogP contribution in [0.5, 0.6) is 0 Å². The zero-order valence-corrected chi connectivity index (χ0v) is 11.7. The number of H-pyrrole nitrogens is 1. The summed E-state index contributed by atoms with van der Waals surface area (Å²) in [5.41, 5.74) is -0.460. The number of piperidine rings is 1. The SMILES string of the molecule is O=C(Cn1c(=O)[nH]c(=O)c2ccccc21)N1CCCCC1. The van der Waals surface area contributed by atoms with Crippen LogP contribution in [0.15, 0.2) is 33.9 Å². The van der Waals surface area contributed by atoms with Gasteiger partial charge in [0.05, 0.1) is 10.9 Å². The molecule has 110 valence electrons. The molecule has 0 radical (unpaired) electrons. The number of nitrogens with zero attached hydrogens (tertiary/aromatic N) is 2. The summed E-state index contributed by atoms with van der Waals surface area (Å²) in [5, 5.41) is 0.420. The molecule has 2 heterocycles. The quantitative estimate of drug-likeness (QED) is 0.883. The van der Waals surface area contributed by atoms with Gasteiger partial charge in [0.25, 0.3) is 5.56 Å². The molecule has 1 amide bonds. The molecule has 1 saturated heterocycles. The monoisotopic (exact) mass is 287 g/mol. The molecule has 0 unspecified atom stereocenters. The summed E-state index contributed by atoms with van der Waals surface area (Å²) in [4.78, 5) is 40.2. The number of rotatable bonds is 2. The number of fused-ring (bicyclic) bond motifs is 1. The third-order valence-electron chi connectivity index (χ3n) is 3.91. The average Bonchev–Trinajstić information content (AvgIpc) is 2.52. The van der Waals surface area contributed by atoms with Gasteiger partial charge in [0, 0.05) is 13.1 Å². The van der Waals surface area contributed by atoms with Crippen LogP contribution in [0.4, 0.5) is 0 Å². The first kappa shape index (κ1) is 13.6. The molecule has 1 N–H and O–H groups in total. The molecule has 6 nitrogen and oxygen atoms in total. The Kier molecular flexibility index (Phi) is 3.60. The number of hydrogen-bond donors (Lipinski definition) is 1. The van der Waals surface area contributed by atoms with Crippen molar-refractivity contribution in [1.82, 2.24) is 14.5 Å². The number of likely N-dealkylation sites (tertiary alicyclic amines) is 1. The van der Waals surface area contributed by atoms with Crippen molar-refractivity contribution in [2.45, 2.75) is 25.8 Å². The van der Waals surface area contributed by atoms with Crippen LogP contribution in [0.25, 0.3) is 10.9 Å². The molecule has 6 heteroatoms. The third kappa shape index (κ3) is 2.61. The van der Waals surface area contributed by atoms with E-state index in [9.17, 15) is 14.4 Å². The predicted octanol–water partition coefficient (Wildman–Crippen LogP) is 0.702. The number of carbonyl (C=O) groups is 1. The van der Waals surface area contributed by atoms with Crippen LogP contribution >= 0.6 is 0 Å². The van der Waals surface area contributed by atoms with Crippen LogP contribution in [-0.2, 0) is 11.3 Å². The largest absolute Gasteiger partial charge is 0.341 e. The average molecular weight is 287 g/mol. The maximum absolute atomic E-state index is 12.3. The molecule has 0 aliphatic carbocycles. The Morgan fingerprint density at radius 1 is 1.10 bits per heavy atom. The minimum Gasteiger partial charge on any atom is -0.341 e. The standard InChI is InChI=1S/C15H17N3O3/c19-13(17-8-4-1-5-9-17)10-18-12-7-3-2-6-11(12)14(20)16-15(18)21/h2-3,6-7H,1,4-5,8-10H2,(H,16,20,21). The number of aromatic nitrogens is 2. The molecule has 3 rings (SSSR count). The van der Waals surface area contributed by atoms with Gasteiger partial charge < -0.3 is 4.90 Å². The third-order valence-corrected chi connectivity index (χ3v) is 3.91. The first-order valence-electron chi connectivity index (χ1n) is 7.16. The fraction of sp³-hybridized carbons (Fsp3) is 0.400. The van der Waals surface area contributed by atoms with Crippen molar-refractivity contribution in [3.8, 4) is 0 Å². The summed E-state index contributed by atoms with van der Waals surface area (Å²) in [6, 6.07) is 6.83. The van der Waals surface area contributed by atoms with Gasteiger partial charge >= 0.3 is 5.69 Å². The van der Waals surface area contributed by atoms with Crippen LogP contribution in [0.2, 0.25) is 0 Å². The summed E-state index contributed by atoms with van der Waals surface area (Å²) < 4.78 is 1.34. The zero-order chi connectivity index (χ0) is 14.8. The lowest BCUT2D eigenvalue weighted by atomic mass is 10.1. The van der Waals surface area contributed by atoms with Gasteiger partial charge in [-0.05, 0) is 31.4 Å². The first-order chi connectivity index (χ1) is 10.2. The van der Waals surface area contributed by atoms with E-state index < -0.39 is 11.2 Å². The molecular weight excluding hydrogens is 270 g/mol. The lowest BCUT2D eigenvalue weighted by molar-refractivity contribution is -0.132. The van der Waals surface area contributed by atoms with Crippen molar-refractivity contribution in [3.05, 3.63) is 45.1 Å². The molecule has 0 saturated carbocycles. The lowest BCUT2D eigenvalue weighted by Gasteiger charge is -2.27. The van der Waals surface area contributed by atoms with Gasteiger partial charge in [-0.3, -0.25) is 19.1 Å². The molecule has 1 aliphatic rings. The van der Waals surface area contributed by atoms with Gasteiger partial charge in [-0.1, -0.05) is 12.1 Å². The van der Waals surface area contributed by atoms with E-state index in [2.05, 4.69) is 4.98 Å². The fourth-order valence-corrected chi connectivity index (χ4v) is 2.78. The highest BCUT2D eigenvalue weighted by Crippen LogP contribution is 2.11. The van der Waals surface area contributed by atoms with Gasteiger partial charge in [0.15, 0.2) is 0 Å². The normalized spacial score (nSPS) is 15.3. The van der Waals surface area contributed by atoms with Gasteiger partial charge in [-0.2, -0.15) is 0 Å². The molecule has 0 spiro atoms. The molecule has 0 atom stereocenters. The molecule has 1 fully saturated rings. The lowest BCUT2D eigenvalue weighted by Crippen LogP contribution is -2.41. The number of aromatic amines is 1. The van der Waals surface area contributed by atoms with E-state index >= 15 is 0 Å². The predicted molar refractivity (Wildman–Crippen MR) is 79.3 cm³/mol. The Balaban J connectivity index is 1.98. The van der Waals surface area contributed by atoms with Crippen LogP contribution in [0.3, 0.4) is 0 Å². The molecule has 0 bridgehead atoms. The van der Waals surface area contributed by atoms with Crippen LogP contribution in [-0.4, -0.2) is 33.4 Å². The summed E-state index contributed by atoms with van der Waals surface area (Å²) in [6.07, 6.45) is 3.16. The van der Waals surface area contributed by atoms with Crippen molar-refractivity contribution in [1.29, 1.82) is 0 Å². The minimum absolute atomic E-state index is 0.0316. The van der Waals surface area contributed by atoms with E-state index in [0.717, 1.165) is 32.4 Å². The van der Waals surface area contributed by atoms with Gasteiger partial charge in [-0.15, -0.1) is 0 Å². The Morgan fingerprint density at radius 2 is 1.81 bits per heavy atom. The molecule has 1 aliphatic heterocycles. The Hall–Kier alpha value is -2.37. The second-order valence-corrected chi connectivity index (χ2v) is 5.30. The number of para-hydroxylation sites is 1. The van der Waals surface area contributed by atoms with E-state index in [1.807, 2.05) is 0 Å². The zero-order valence-electron chi connectivity index (χ0n) is 11.7. The van der Waals surface area contributed by atoms with Gasteiger partial charge in [-0.25, -0.2) is 4.79 Å². The van der Waals surface area contributed by atoms with E-state index in [0.29, 0.717) is 10.9 Å². The minimum atomic E-state index is -0.538. The molecule has 1 aromatic heterocycles. The highest BCUT2D eigenvalue weighted by molar-refractivity contribution is 5.81. The van der Waals surface area contributed by atoms with E-state index in [4.69, 9.17) is 0 Å². The number of nitrogens with one attached hydrogen (secondary N) is 1. The van der Waals surface area contributed by atoms with Crippen LogP contribution in [0.1, 0.15) is 19.3 Å². The first-order valence-corrected chi connectivity index (χ1v) is 7.16. The van der Waals surface area contributed by atoms with Crippen molar-refractivity contribution in [2.75, 3.05) is 13.1 Å². The summed E-state index contributed by atoms with van der Waals surface area (Å²) in [7, 11) is 0. The van der Waals surface area contributed by atoms with E-state index in [1.54, 1.807) is 29.2 Å². The number of hydrogen-bond acceptors (Lipinski definition) is 3. The number of benzene rings is 1. The summed E-state index contributed by atoms with van der Waals surface area (Å²) in [5.74, 6) is -0.0750. The van der Waals surface area contributed by atoms with Crippen LogP contribution in [0, 0.1) is 0 Å². The molecule has 2 aromatic rings. The van der Waals surface area contributed by atoms with Crippen LogP contribution < -0.4 is 11.2 Å². The fourth-order valence-electron chi connectivity index (χ4n) is 2.78. The topological polar surface area (TPSA) is 75.2 Å². The number of amides is 1. The summed E-state index contributed by atoms with van der Waals surface area (Å²) in [6.45, 7) is 1.46. The van der Waals surface area contributed by atoms with Crippen molar-refractivity contribution in [3.63, 3.8) is 0 Å². The second-order valence-electron chi connectivity index (χ2n) is 5.30. The summed E-state index contributed by atoms with van der Waals surface area (Å²) >= 11 is 0. The van der Waals surface area contributed by atoms with Gasteiger partial charge in [0.2, 0.25) is 5.91 Å². The molecular formula is C15H17N3O3. The van der Waals surface area contributed by atoms with Gasteiger partial charge in [0.1, 0.15) is 6.54 Å². The Morgan fingerprint density at radius 3 is 2.57 bits per heavy atom. The van der Waals surface area contributed by atoms with Crippen molar-refractivity contribution >= 4 is 16.8 Å². The maximum atomic E-state index is 12.3. The van der Waals surface area contributed by atoms with E-state index in [-0.39, 0.29) is 12.5 Å². The number of carbonyl (C=O) groups excluding carboxylic acids is 1. The Labute approximate surface area is 121 Å². The van der Waals surface area contributed by atoms with Crippen molar-refractivity contribution < 1.29 is 4.79 Å². The van der Waals surface area contributed by atoms with Crippen molar-refractivity contribution in [2.24, 2.45) is 0 Å². The Bertz CT molecular complexity index is 785. The molecule has 21 heavy (non-hydrogen) atoms. The highest BCUT2D eigenvalue weighted by Gasteiger charge is 2.18. The molecule has 1 aromatic carbocycles. The van der Waals surface area contributed by atoms with E-state index in [1.165, 1.54) is 4.57 Å².